The molecule has 3 heteroatoms. The van der Waals surface area contributed by atoms with Gasteiger partial charge in [0.15, 0.2) is 6.29 Å². The largest absolute Gasteiger partial charge is 0.383 e. The molecule has 0 spiro atoms. The molecule has 2 aromatic rings. The smallest absolute Gasteiger partial charge is 0.153 e. The van der Waals surface area contributed by atoms with Gasteiger partial charge in [0.05, 0.1) is 5.56 Å². The standard InChI is InChI=1S/C13H12N2O/c1-9-4-2-3-5-12(9)10-6-11(8-16)13(14)15-7-10/h2-8H,1H3,(H2,14,15). The summed E-state index contributed by atoms with van der Waals surface area (Å²) in [6.07, 6.45) is 2.41. The average molecular weight is 212 g/mol. The van der Waals surface area contributed by atoms with Crippen LogP contribution in [0.15, 0.2) is 36.5 Å². The quantitative estimate of drug-likeness (QED) is 0.778. The summed E-state index contributed by atoms with van der Waals surface area (Å²) in [5.74, 6) is 0.271. The zero-order chi connectivity index (χ0) is 11.5. The summed E-state index contributed by atoms with van der Waals surface area (Å²) >= 11 is 0. The Bertz CT molecular complexity index is 535. The zero-order valence-corrected chi connectivity index (χ0v) is 8.97. The fraction of sp³-hybridized carbons (Fsp3) is 0.0769. The SMILES string of the molecule is Cc1ccccc1-c1cnc(N)c(C=O)c1. The Hall–Kier alpha value is -2.16. The van der Waals surface area contributed by atoms with Gasteiger partial charge in [0.25, 0.3) is 0 Å². The zero-order valence-electron chi connectivity index (χ0n) is 8.97. The predicted molar refractivity (Wildman–Crippen MR) is 64.2 cm³/mol. The van der Waals surface area contributed by atoms with Gasteiger partial charge in [-0.1, -0.05) is 24.3 Å². The van der Waals surface area contributed by atoms with Gasteiger partial charge in [0, 0.05) is 11.8 Å². The highest BCUT2D eigenvalue weighted by atomic mass is 16.1. The van der Waals surface area contributed by atoms with Crippen LogP contribution >= 0.6 is 0 Å². The number of benzene rings is 1. The molecule has 0 amide bonds. The summed E-state index contributed by atoms with van der Waals surface area (Å²) in [6.45, 7) is 2.02. The van der Waals surface area contributed by atoms with Gasteiger partial charge in [0.1, 0.15) is 5.82 Å². The number of hydrogen-bond donors (Lipinski definition) is 1. The number of nitrogens with two attached hydrogens (primary N) is 1. The van der Waals surface area contributed by atoms with Gasteiger partial charge in [0.2, 0.25) is 0 Å². The van der Waals surface area contributed by atoms with Crippen LogP contribution in [0, 0.1) is 6.92 Å². The molecule has 0 aliphatic rings. The summed E-state index contributed by atoms with van der Waals surface area (Å²) in [5.41, 5.74) is 9.13. The third-order valence-corrected chi connectivity index (χ3v) is 2.53. The van der Waals surface area contributed by atoms with Crippen molar-refractivity contribution in [1.29, 1.82) is 0 Å². The highest BCUT2D eigenvalue weighted by molar-refractivity contribution is 5.84. The third-order valence-electron chi connectivity index (χ3n) is 2.53. The van der Waals surface area contributed by atoms with Gasteiger partial charge in [-0.2, -0.15) is 0 Å². The first-order valence-corrected chi connectivity index (χ1v) is 4.99. The lowest BCUT2D eigenvalue weighted by Gasteiger charge is -2.06. The van der Waals surface area contributed by atoms with Crippen molar-refractivity contribution >= 4 is 12.1 Å². The lowest BCUT2D eigenvalue weighted by atomic mass is 10.0. The Morgan fingerprint density at radius 3 is 2.75 bits per heavy atom. The van der Waals surface area contributed by atoms with Crippen LogP contribution in [0.5, 0.6) is 0 Å². The van der Waals surface area contributed by atoms with Crippen molar-refractivity contribution in [2.24, 2.45) is 0 Å². The Balaban J connectivity index is 2.57. The minimum absolute atomic E-state index is 0.271. The van der Waals surface area contributed by atoms with Crippen molar-refractivity contribution in [2.75, 3.05) is 5.73 Å². The average Bonchev–Trinajstić information content (AvgIpc) is 2.31. The van der Waals surface area contributed by atoms with Gasteiger partial charge in [-0.3, -0.25) is 4.79 Å². The van der Waals surface area contributed by atoms with Crippen molar-refractivity contribution in [3.63, 3.8) is 0 Å². The summed E-state index contributed by atoms with van der Waals surface area (Å²) < 4.78 is 0. The van der Waals surface area contributed by atoms with E-state index in [9.17, 15) is 4.79 Å². The second-order valence-corrected chi connectivity index (χ2v) is 3.63. The lowest BCUT2D eigenvalue weighted by Crippen LogP contribution is -1.97. The van der Waals surface area contributed by atoms with Gasteiger partial charge in [-0.15, -0.1) is 0 Å². The van der Waals surface area contributed by atoms with Gasteiger partial charge >= 0.3 is 0 Å². The van der Waals surface area contributed by atoms with E-state index in [-0.39, 0.29) is 5.82 Å². The highest BCUT2D eigenvalue weighted by Gasteiger charge is 2.05. The first-order chi connectivity index (χ1) is 7.72. The van der Waals surface area contributed by atoms with E-state index in [1.807, 2.05) is 31.2 Å². The number of aryl methyl sites for hydroxylation is 1. The maximum atomic E-state index is 10.8. The lowest BCUT2D eigenvalue weighted by molar-refractivity contribution is 0.112. The Labute approximate surface area is 93.9 Å². The molecule has 1 heterocycles. The minimum Gasteiger partial charge on any atom is -0.383 e. The fourth-order valence-corrected chi connectivity index (χ4v) is 1.63. The second-order valence-electron chi connectivity index (χ2n) is 3.63. The van der Waals surface area contributed by atoms with Crippen LogP contribution in [0.3, 0.4) is 0 Å². The molecule has 0 fully saturated rings. The number of aromatic nitrogens is 1. The Morgan fingerprint density at radius 2 is 2.06 bits per heavy atom. The van der Waals surface area contributed by atoms with E-state index >= 15 is 0 Å². The van der Waals surface area contributed by atoms with Gasteiger partial charge < -0.3 is 5.73 Å². The van der Waals surface area contributed by atoms with Crippen LogP contribution < -0.4 is 5.73 Å². The van der Waals surface area contributed by atoms with Crippen molar-refractivity contribution in [3.05, 3.63) is 47.7 Å². The second kappa shape index (κ2) is 4.14. The molecule has 1 aromatic heterocycles. The maximum absolute atomic E-state index is 10.8. The fourth-order valence-electron chi connectivity index (χ4n) is 1.63. The normalized spacial score (nSPS) is 10.1. The molecular formula is C13H12N2O. The van der Waals surface area contributed by atoms with Crippen molar-refractivity contribution < 1.29 is 4.79 Å². The monoisotopic (exact) mass is 212 g/mol. The minimum atomic E-state index is 0.271. The first-order valence-electron chi connectivity index (χ1n) is 4.99. The molecule has 2 rings (SSSR count). The van der Waals surface area contributed by atoms with Gasteiger partial charge in [-0.05, 0) is 24.1 Å². The predicted octanol–water partition coefficient (Wildman–Crippen LogP) is 2.45. The van der Waals surface area contributed by atoms with E-state index in [0.29, 0.717) is 5.56 Å². The molecule has 3 nitrogen and oxygen atoms in total. The van der Waals surface area contributed by atoms with Crippen molar-refractivity contribution in [3.8, 4) is 11.1 Å². The van der Waals surface area contributed by atoms with E-state index in [4.69, 9.17) is 5.73 Å². The van der Waals surface area contributed by atoms with Crippen LogP contribution in [0.4, 0.5) is 5.82 Å². The molecule has 0 aliphatic carbocycles. The summed E-state index contributed by atoms with van der Waals surface area (Å²) in [7, 11) is 0. The Kier molecular flexibility index (Phi) is 2.68. The summed E-state index contributed by atoms with van der Waals surface area (Å²) in [6, 6.07) is 9.71. The molecule has 0 unspecified atom stereocenters. The molecule has 0 atom stereocenters. The number of carbonyl (C=O) groups is 1. The van der Waals surface area contributed by atoms with Crippen molar-refractivity contribution in [1.82, 2.24) is 4.98 Å². The molecular weight excluding hydrogens is 200 g/mol. The molecule has 16 heavy (non-hydrogen) atoms. The van der Waals surface area contributed by atoms with E-state index < -0.39 is 0 Å². The molecule has 0 saturated heterocycles. The first kappa shape index (κ1) is 10.4. The summed E-state index contributed by atoms with van der Waals surface area (Å²) in [4.78, 5) is 14.8. The Morgan fingerprint density at radius 1 is 1.31 bits per heavy atom. The topological polar surface area (TPSA) is 56.0 Å². The maximum Gasteiger partial charge on any atom is 0.153 e. The van der Waals surface area contributed by atoms with Gasteiger partial charge in [-0.25, -0.2) is 4.98 Å². The van der Waals surface area contributed by atoms with E-state index in [1.54, 1.807) is 12.3 Å². The number of hydrogen-bond acceptors (Lipinski definition) is 3. The van der Waals surface area contributed by atoms with E-state index in [0.717, 1.165) is 23.0 Å². The third kappa shape index (κ3) is 1.80. The van der Waals surface area contributed by atoms with E-state index in [2.05, 4.69) is 4.98 Å². The van der Waals surface area contributed by atoms with Crippen LogP contribution in [0.1, 0.15) is 15.9 Å². The van der Waals surface area contributed by atoms with Crippen LogP contribution in [-0.4, -0.2) is 11.3 Å². The van der Waals surface area contributed by atoms with Crippen molar-refractivity contribution in [2.45, 2.75) is 6.92 Å². The number of pyridine rings is 1. The molecule has 2 N–H and O–H groups in total. The molecule has 80 valence electrons. The molecule has 0 bridgehead atoms. The van der Waals surface area contributed by atoms with Crippen LogP contribution in [0.25, 0.3) is 11.1 Å². The number of anilines is 1. The highest BCUT2D eigenvalue weighted by Crippen LogP contribution is 2.24. The molecule has 0 aliphatic heterocycles. The number of nitrogens with zero attached hydrogens (tertiary/aromatic N) is 1. The van der Waals surface area contributed by atoms with E-state index in [1.165, 1.54) is 0 Å². The molecule has 1 aromatic carbocycles. The molecule has 0 radical (unpaired) electrons. The number of aldehydes is 1. The number of rotatable bonds is 2. The van der Waals surface area contributed by atoms with Crippen LogP contribution in [0.2, 0.25) is 0 Å². The summed E-state index contributed by atoms with van der Waals surface area (Å²) in [5, 5.41) is 0. The number of nitrogen functional groups attached to an aromatic ring is 1. The van der Waals surface area contributed by atoms with Crippen LogP contribution in [-0.2, 0) is 0 Å². The molecule has 0 saturated carbocycles. The number of carbonyl (C=O) groups excluding carboxylic acids is 1.